The molecule has 1 heterocycles. The second-order valence-electron chi connectivity index (χ2n) is 9.30. The number of nitrogens with zero attached hydrogens (tertiary/aromatic N) is 1. The number of carbonyl (C=O) groups excluding carboxylic acids is 1. The number of carbonyl (C=O) groups is 1. The van der Waals surface area contributed by atoms with Gasteiger partial charge in [-0.1, -0.05) is 63.1 Å². The minimum absolute atomic E-state index is 0.102. The van der Waals surface area contributed by atoms with Crippen LogP contribution in [0.2, 0.25) is 0 Å². The van der Waals surface area contributed by atoms with E-state index < -0.39 is 0 Å². The molecule has 3 heteroatoms. The lowest BCUT2D eigenvalue weighted by Gasteiger charge is -2.25. The number of hydrogen-bond donors (Lipinski definition) is 0. The van der Waals surface area contributed by atoms with Crippen LogP contribution >= 0.6 is 0 Å². The molecule has 0 spiro atoms. The first-order chi connectivity index (χ1) is 15.3. The Morgan fingerprint density at radius 2 is 1.48 bits per heavy atom. The van der Waals surface area contributed by atoms with Crippen molar-refractivity contribution in [3.05, 3.63) is 59.7 Å². The van der Waals surface area contributed by atoms with Crippen LogP contribution in [0.4, 0.5) is 5.69 Å². The minimum Gasteiger partial charge on any atom is -0.493 e. The number of aryl methyl sites for hydroxylation is 1. The van der Waals surface area contributed by atoms with Gasteiger partial charge in [0.1, 0.15) is 5.75 Å². The molecule has 0 unspecified atom stereocenters. The Bertz CT molecular complexity index is 823. The number of rotatable bonds is 4. The molecule has 166 valence electrons. The van der Waals surface area contributed by atoms with Gasteiger partial charge in [-0.05, 0) is 73.9 Å². The van der Waals surface area contributed by atoms with Gasteiger partial charge in [-0.2, -0.15) is 0 Å². The number of amides is 1. The van der Waals surface area contributed by atoms with Gasteiger partial charge < -0.3 is 9.64 Å². The second-order valence-corrected chi connectivity index (χ2v) is 9.30. The molecule has 1 amide bonds. The zero-order valence-corrected chi connectivity index (χ0v) is 18.9. The fourth-order valence-corrected chi connectivity index (χ4v) is 5.03. The topological polar surface area (TPSA) is 29.5 Å². The molecule has 0 atom stereocenters. The Labute approximate surface area is 187 Å². The molecule has 4 rings (SSSR count). The van der Waals surface area contributed by atoms with Crippen molar-refractivity contribution in [2.45, 2.75) is 77.0 Å². The van der Waals surface area contributed by atoms with Gasteiger partial charge in [-0.3, -0.25) is 4.79 Å². The smallest absolute Gasteiger partial charge is 0.258 e. The second kappa shape index (κ2) is 11.4. The summed E-state index contributed by atoms with van der Waals surface area (Å²) < 4.78 is 6.04. The molecular formula is C28H37NO2. The number of para-hydroxylation sites is 1. The van der Waals surface area contributed by atoms with Crippen LogP contribution in [0.5, 0.6) is 5.75 Å². The highest BCUT2D eigenvalue weighted by atomic mass is 16.5. The highest BCUT2D eigenvalue weighted by Crippen LogP contribution is 2.28. The van der Waals surface area contributed by atoms with E-state index in [-0.39, 0.29) is 5.91 Å². The summed E-state index contributed by atoms with van der Waals surface area (Å²) in [6.07, 6.45) is 15.0. The molecule has 0 N–H and O–H groups in total. The van der Waals surface area contributed by atoms with Crippen molar-refractivity contribution in [3.8, 4) is 5.75 Å². The van der Waals surface area contributed by atoms with Gasteiger partial charge in [0.15, 0.2) is 0 Å². The zero-order valence-electron chi connectivity index (χ0n) is 18.9. The summed E-state index contributed by atoms with van der Waals surface area (Å²) in [6, 6.07) is 16.3. The van der Waals surface area contributed by atoms with Crippen LogP contribution in [0.25, 0.3) is 0 Å². The summed E-state index contributed by atoms with van der Waals surface area (Å²) in [5.41, 5.74) is 3.13. The molecule has 0 bridgehead atoms. The van der Waals surface area contributed by atoms with Crippen molar-refractivity contribution >= 4 is 11.6 Å². The summed E-state index contributed by atoms with van der Waals surface area (Å²) in [7, 11) is 0. The van der Waals surface area contributed by atoms with Crippen LogP contribution in [-0.4, -0.2) is 19.1 Å². The molecule has 1 aliphatic heterocycles. The van der Waals surface area contributed by atoms with Crippen LogP contribution in [0.3, 0.4) is 0 Å². The van der Waals surface area contributed by atoms with Gasteiger partial charge in [-0.25, -0.2) is 0 Å². The van der Waals surface area contributed by atoms with E-state index in [4.69, 9.17) is 4.74 Å². The Morgan fingerprint density at radius 1 is 0.806 bits per heavy atom. The molecule has 0 radical (unpaired) electrons. The van der Waals surface area contributed by atoms with Crippen LogP contribution < -0.4 is 9.64 Å². The summed E-state index contributed by atoms with van der Waals surface area (Å²) in [6.45, 7) is 1.59. The first-order valence-electron chi connectivity index (χ1n) is 12.4. The average Bonchev–Trinajstić information content (AvgIpc) is 2.87. The summed E-state index contributed by atoms with van der Waals surface area (Å²) >= 11 is 0. The zero-order chi connectivity index (χ0) is 21.3. The van der Waals surface area contributed by atoms with E-state index in [1.54, 1.807) is 0 Å². The summed E-state index contributed by atoms with van der Waals surface area (Å²) in [5, 5.41) is 0. The highest BCUT2D eigenvalue weighted by molar-refractivity contribution is 6.06. The first kappa shape index (κ1) is 21.9. The summed E-state index contributed by atoms with van der Waals surface area (Å²) in [5.74, 6) is 1.66. The van der Waals surface area contributed by atoms with Gasteiger partial charge in [0.05, 0.1) is 6.61 Å². The first-order valence-corrected chi connectivity index (χ1v) is 12.4. The standard InChI is InChI=1S/C28H37NO2/c30-28(25-17-19-26(20-18-25)31-22-23-12-6-5-7-13-23)29-21-11-4-2-1-3-8-14-24-15-9-10-16-27(24)29/h9-10,15-20,23H,1-8,11-14,21-22H2. The van der Waals surface area contributed by atoms with Gasteiger partial charge >= 0.3 is 0 Å². The minimum atomic E-state index is 0.102. The monoisotopic (exact) mass is 419 g/mol. The van der Waals surface area contributed by atoms with Crippen molar-refractivity contribution in [1.82, 2.24) is 0 Å². The third kappa shape index (κ3) is 6.12. The number of ether oxygens (including phenoxy) is 1. The van der Waals surface area contributed by atoms with Crippen LogP contribution in [0.1, 0.15) is 86.6 Å². The van der Waals surface area contributed by atoms with E-state index in [9.17, 15) is 4.79 Å². The van der Waals surface area contributed by atoms with Crippen molar-refractivity contribution < 1.29 is 9.53 Å². The summed E-state index contributed by atoms with van der Waals surface area (Å²) in [4.78, 5) is 15.5. The molecule has 1 saturated carbocycles. The lowest BCUT2D eigenvalue weighted by Crippen LogP contribution is -2.32. The Kier molecular flexibility index (Phi) is 8.04. The molecule has 3 nitrogen and oxygen atoms in total. The van der Waals surface area contributed by atoms with E-state index in [2.05, 4.69) is 24.3 Å². The molecule has 31 heavy (non-hydrogen) atoms. The van der Waals surface area contributed by atoms with E-state index >= 15 is 0 Å². The third-order valence-electron chi connectivity index (χ3n) is 6.92. The number of fused-ring (bicyclic) bond motifs is 1. The largest absolute Gasteiger partial charge is 0.493 e. The number of hydrogen-bond acceptors (Lipinski definition) is 2. The SMILES string of the molecule is O=C(c1ccc(OCC2CCCCC2)cc1)N1CCCCCCCCc2ccccc21. The van der Waals surface area contributed by atoms with Crippen molar-refractivity contribution in [2.75, 3.05) is 18.1 Å². The van der Waals surface area contributed by atoms with E-state index in [1.807, 2.05) is 29.2 Å². The third-order valence-corrected chi connectivity index (χ3v) is 6.92. The molecule has 0 aromatic heterocycles. The Morgan fingerprint density at radius 3 is 2.29 bits per heavy atom. The Balaban J connectivity index is 1.46. The van der Waals surface area contributed by atoms with Gasteiger partial charge in [0.25, 0.3) is 5.91 Å². The number of anilines is 1. The van der Waals surface area contributed by atoms with Gasteiger partial charge in [-0.15, -0.1) is 0 Å². The lowest BCUT2D eigenvalue weighted by molar-refractivity contribution is 0.0986. The van der Waals surface area contributed by atoms with E-state index in [1.165, 1.54) is 69.8 Å². The van der Waals surface area contributed by atoms with Crippen LogP contribution in [0, 0.1) is 5.92 Å². The fraction of sp³-hybridized carbons (Fsp3) is 0.536. The normalized spacial score (nSPS) is 18.6. The van der Waals surface area contributed by atoms with E-state index in [0.717, 1.165) is 43.0 Å². The number of benzene rings is 2. The molecular weight excluding hydrogens is 382 g/mol. The van der Waals surface area contributed by atoms with Crippen LogP contribution in [-0.2, 0) is 6.42 Å². The van der Waals surface area contributed by atoms with Crippen molar-refractivity contribution in [1.29, 1.82) is 0 Å². The maximum absolute atomic E-state index is 13.5. The molecule has 0 saturated heterocycles. The van der Waals surface area contributed by atoms with Crippen molar-refractivity contribution in [3.63, 3.8) is 0 Å². The molecule has 1 aliphatic carbocycles. The van der Waals surface area contributed by atoms with Gasteiger partial charge in [0.2, 0.25) is 0 Å². The lowest BCUT2D eigenvalue weighted by atomic mass is 9.90. The quantitative estimate of drug-likeness (QED) is 0.525. The highest BCUT2D eigenvalue weighted by Gasteiger charge is 2.21. The van der Waals surface area contributed by atoms with E-state index in [0.29, 0.717) is 5.92 Å². The van der Waals surface area contributed by atoms with Crippen LogP contribution in [0.15, 0.2) is 48.5 Å². The maximum atomic E-state index is 13.5. The molecule has 2 aromatic carbocycles. The predicted molar refractivity (Wildman–Crippen MR) is 128 cm³/mol. The molecule has 2 aliphatic rings. The Hall–Kier alpha value is -2.29. The van der Waals surface area contributed by atoms with Crippen molar-refractivity contribution in [2.24, 2.45) is 5.92 Å². The van der Waals surface area contributed by atoms with Gasteiger partial charge in [0, 0.05) is 17.8 Å². The molecule has 2 aromatic rings. The maximum Gasteiger partial charge on any atom is 0.258 e. The average molecular weight is 420 g/mol. The molecule has 1 fully saturated rings. The fourth-order valence-electron chi connectivity index (χ4n) is 5.03. The predicted octanol–water partition coefficient (Wildman–Crippen LogP) is 7.19.